The van der Waals surface area contributed by atoms with Crippen molar-refractivity contribution in [2.75, 3.05) is 6.61 Å². The summed E-state index contributed by atoms with van der Waals surface area (Å²) in [7, 11) is 0. The summed E-state index contributed by atoms with van der Waals surface area (Å²) >= 11 is 0. The zero-order valence-electron chi connectivity index (χ0n) is 10.9. The number of halogens is 1. The Labute approximate surface area is 116 Å². The van der Waals surface area contributed by atoms with Crippen LogP contribution >= 0.6 is 0 Å². The van der Waals surface area contributed by atoms with Gasteiger partial charge in [0.1, 0.15) is 0 Å². The molecule has 0 heterocycles. The lowest BCUT2D eigenvalue weighted by molar-refractivity contribution is -0.123. The Hall–Kier alpha value is -2.17. The van der Waals surface area contributed by atoms with Crippen molar-refractivity contribution in [2.45, 2.75) is 12.8 Å². The number of rotatable bonds is 4. The summed E-state index contributed by atoms with van der Waals surface area (Å²) in [5, 5.41) is 4.11. The van der Waals surface area contributed by atoms with Gasteiger partial charge in [0.05, 0.1) is 0 Å². The Morgan fingerprint density at radius 3 is 3.10 bits per heavy atom. The number of nitrogens with one attached hydrogen (secondary N) is 1. The summed E-state index contributed by atoms with van der Waals surface area (Å²) in [6.07, 6.45) is 6.27. The Balaban J connectivity index is 1.46. The zero-order chi connectivity index (χ0) is 13.9. The van der Waals surface area contributed by atoms with Crippen LogP contribution in [0.5, 0.6) is 5.75 Å². The van der Waals surface area contributed by atoms with Crippen molar-refractivity contribution in [3.63, 3.8) is 0 Å². The summed E-state index contributed by atoms with van der Waals surface area (Å²) < 4.78 is 18.4. The monoisotopic (exact) mass is 274 g/mol. The Morgan fingerprint density at radius 1 is 1.45 bits per heavy atom. The average Bonchev–Trinajstić information content (AvgIpc) is 2.80. The second-order valence-corrected chi connectivity index (χ2v) is 5.00. The quantitative estimate of drug-likeness (QED) is 0.676. The maximum absolute atomic E-state index is 13.3. The van der Waals surface area contributed by atoms with Crippen molar-refractivity contribution >= 4 is 11.6 Å². The van der Waals surface area contributed by atoms with Gasteiger partial charge in [-0.2, -0.15) is 5.10 Å². The fraction of sp³-hybridized carbons (Fsp3) is 0.333. The van der Waals surface area contributed by atoms with Crippen molar-refractivity contribution < 1.29 is 13.9 Å². The molecule has 0 aromatic heterocycles. The molecule has 20 heavy (non-hydrogen) atoms. The SMILES string of the molecule is O=C(COc1ccccc1F)N/N=C1\CC2C=CCC12. The van der Waals surface area contributed by atoms with Crippen LogP contribution in [-0.4, -0.2) is 18.2 Å². The topological polar surface area (TPSA) is 50.7 Å². The van der Waals surface area contributed by atoms with Crippen LogP contribution in [0, 0.1) is 17.7 Å². The van der Waals surface area contributed by atoms with E-state index in [1.54, 1.807) is 12.1 Å². The summed E-state index contributed by atoms with van der Waals surface area (Å²) in [4.78, 5) is 11.6. The number of carbonyl (C=O) groups is 1. The van der Waals surface area contributed by atoms with E-state index in [1.165, 1.54) is 12.1 Å². The molecule has 104 valence electrons. The van der Waals surface area contributed by atoms with Crippen LogP contribution in [0.2, 0.25) is 0 Å². The highest BCUT2D eigenvalue weighted by Gasteiger charge is 2.37. The van der Waals surface area contributed by atoms with Gasteiger partial charge in [0.25, 0.3) is 5.91 Å². The van der Waals surface area contributed by atoms with Gasteiger partial charge in [-0.3, -0.25) is 4.79 Å². The van der Waals surface area contributed by atoms with Gasteiger partial charge in [0.15, 0.2) is 18.2 Å². The highest BCUT2D eigenvalue weighted by Crippen LogP contribution is 2.39. The van der Waals surface area contributed by atoms with E-state index in [-0.39, 0.29) is 18.3 Å². The molecule has 2 aliphatic rings. The minimum Gasteiger partial charge on any atom is -0.481 e. The van der Waals surface area contributed by atoms with Gasteiger partial charge in [0.2, 0.25) is 0 Å². The average molecular weight is 274 g/mol. The standard InChI is InChI=1S/C15H15FN2O2/c16-12-6-1-2-7-14(12)20-9-15(19)18-17-13-8-10-4-3-5-11(10)13/h1-4,6-7,10-11H,5,8-9H2,(H,18,19)/b17-13+. The molecule has 1 aromatic carbocycles. The van der Waals surface area contributed by atoms with Crippen LogP contribution in [0.3, 0.4) is 0 Å². The molecule has 0 bridgehead atoms. The van der Waals surface area contributed by atoms with E-state index >= 15 is 0 Å². The molecular formula is C15H15FN2O2. The molecule has 2 atom stereocenters. The molecule has 1 N–H and O–H groups in total. The summed E-state index contributed by atoms with van der Waals surface area (Å²) in [6, 6.07) is 5.99. The fourth-order valence-electron chi connectivity index (χ4n) is 2.53. The molecule has 3 rings (SSSR count). The molecule has 0 saturated heterocycles. The minimum atomic E-state index is -0.481. The molecule has 0 aliphatic heterocycles. The maximum atomic E-state index is 13.3. The molecule has 1 fully saturated rings. The first-order chi connectivity index (χ1) is 9.74. The number of hydrogen-bond donors (Lipinski definition) is 1. The van der Waals surface area contributed by atoms with Gasteiger partial charge in [-0.05, 0) is 30.9 Å². The maximum Gasteiger partial charge on any atom is 0.277 e. The third-order valence-corrected chi connectivity index (χ3v) is 3.68. The number of nitrogens with zero attached hydrogens (tertiary/aromatic N) is 1. The molecule has 1 saturated carbocycles. The van der Waals surface area contributed by atoms with Crippen molar-refractivity contribution in [1.82, 2.24) is 5.43 Å². The molecule has 2 aliphatic carbocycles. The van der Waals surface area contributed by atoms with E-state index in [0.717, 1.165) is 18.6 Å². The van der Waals surface area contributed by atoms with Gasteiger partial charge in [-0.15, -0.1) is 0 Å². The van der Waals surface area contributed by atoms with Gasteiger partial charge >= 0.3 is 0 Å². The highest BCUT2D eigenvalue weighted by atomic mass is 19.1. The highest BCUT2D eigenvalue weighted by molar-refractivity contribution is 5.94. The second kappa shape index (κ2) is 5.45. The van der Waals surface area contributed by atoms with Crippen LogP contribution in [0.4, 0.5) is 4.39 Å². The lowest BCUT2D eigenvalue weighted by Crippen LogP contribution is -2.36. The number of fused-ring (bicyclic) bond motifs is 1. The lowest BCUT2D eigenvalue weighted by Gasteiger charge is -2.31. The normalized spacial score (nSPS) is 25.1. The number of benzene rings is 1. The first-order valence-corrected chi connectivity index (χ1v) is 6.63. The number of ether oxygens (including phenoxy) is 1. The van der Waals surface area contributed by atoms with E-state index in [9.17, 15) is 9.18 Å². The third-order valence-electron chi connectivity index (χ3n) is 3.68. The van der Waals surface area contributed by atoms with E-state index in [2.05, 4.69) is 22.7 Å². The number of amides is 1. The Morgan fingerprint density at radius 2 is 2.30 bits per heavy atom. The van der Waals surface area contributed by atoms with Crippen molar-refractivity contribution in [3.8, 4) is 5.75 Å². The summed E-state index contributed by atoms with van der Waals surface area (Å²) in [6.45, 7) is -0.246. The van der Waals surface area contributed by atoms with Crippen LogP contribution in [0.25, 0.3) is 0 Å². The predicted molar refractivity (Wildman–Crippen MR) is 72.8 cm³/mol. The molecule has 0 spiro atoms. The molecule has 0 radical (unpaired) electrons. The molecule has 1 amide bonds. The van der Waals surface area contributed by atoms with Crippen LogP contribution in [0.1, 0.15) is 12.8 Å². The van der Waals surface area contributed by atoms with Gasteiger partial charge < -0.3 is 4.74 Å². The number of carbonyl (C=O) groups excluding carboxylic acids is 1. The largest absolute Gasteiger partial charge is 0.481 e. The first kappa shape index (κ1) is 12.8. The van der Waals surface area contributed by atoms with E-state index in [0.29, 0.717) is 11.8 Å². The lowest BCUT2D eigenvalue weighted by atomic mass is 9.74. The number of allylic oxidation sites excluding steroid dienone is 2. The predicted octanol–water partition coefficient (Wildman–Crippen LogP) is 2.27. The minimum absolute atomic E-state index is 0.0685. The van der Waals surface area contributed by atoms with E-state index < -0.39 is 5.82 Å². The first-order valence-electron chi connectivity index (χ1n) is 6.63. The van der Waals surface area contributed by atoms with E-state index in [1.807, 2.05) is 0 Å². The van der Waals surface area contributed by atoms with Crippen LogP contribution < -0.4 is 10.2 Å². The van der Waals surface area contributed by atoms with Crippen molar-refractivity contribution in [3.05, 3.63) is 42.2 Å². The molecule has 1 aromatic rings. The van der Waals surface area contributed by atoms with Crippen molar-refractivity contribution in [2.24, 2.45) is 16.9 Å². The van der Waals surface area contributed by atoms with E-state index in [4.69, 9.17) is 4.74 Å². The second-order valence-electron chi connectivity index (χ2n) is 5.00. The van der Waals surface area contributed by atoms with Crippen LogP contribution in [0.15, 0.2) is 41.5 Å². The number of hydrogen-bond acceptors (Lipinski definition) is 3. The van der Waals surface area contributed by atoms with Gasteiger partial charge in [0, 0.05) is 11.6 Å². The van der Waals surface area contributed by atoms with Crippen LogP contribution in [-0.2, 0) is 4.79 Å². The smallest absolute Gasteiger partial charge is 0.277 e. The fourth-order valence-corrected chi connectivity index (χ4v) is 2.53. The Kier molecular flexibility index (Phi) is 3.50. The zero-order valence-corrected chi connectivity index (χ0v) is 10.9. The summed E-state index contributed by atoms with van der Waals surface area (Å²) in [5.74, 6) is 0.266. The molecule has 5 heteroatoms. The molecule has 4 nitrogen and oxygen atoms in total. The third kappa shape index (κ3) is 2.57. The van der Waals surface area contributed by atoms with Gasteiger partial charge in [-0.1, -0.05) is 24.3 Å². The van der Waals surface area contributed by atoms with Crippen molar-refractivity contribution in [1.29, 1.82) is 0 Å². The number of hydrazone groups is 1. The molecular weight excluding hydrogens is 259 g/mol. The number of para-hydroxylation sites is 1. The van der Waals surface area contributed by atoms with Gasteiger partial charge in [-0.25, -0.2) is 9.82 Å². The molecule has 2 unspecified atom stereocenters. The Bertz CT molecular complexity index is 583. The summed E-state index contributed by atoms with van der Waals surface area (Å²) in [5.41, 5.74) is 3.49.